The van der Waals surface area contributed by atoms with Gasteiger partial charge in [-0.3, -0.25) is 0 Å². The number of likely N-dealkylation sites (tertiary alicyclic amines) is 1. The largest absolute Gasteiger partial charge is 0.313 e. The molecule has 78 valence electrons. The zero-order chi connectivity index (χ0) is 9.52. The Morgan fingerprint density at radius 2 is 2.00 bits per heavy atom. The third-order valence-corrected chi connectivity index (χ3v) is 2.84. The molecule has 0 amide bonds. The molecule has 0 radical (unpaired) electrons. The molecule has 0 aromatic rings. The van der Waals surface area contributed by atoms with E-state index < -0.39 is 0 Å². The first kappa shape index (κ1) is 11.0. The molecule has 2 heteroatoms. The molecule has 0 spiro atoms. The van der Waals surface area contributed by atoms with Gasteiger partial charge in [-0.15, -0.1) is 0 Å². The summed E-state index contributed by atoms with van der Waals surface area (Å²) in [5.41, 5.74) is 0. The van der Waals surface area contributed by atoms with Crippen LogP contribution in [0.5, 0.6) is 0 Å². The van der Waals surface area contributed by atoms with Crippen LogP contribution >= 0.6 is 0 Å². The molecule has 1 aliphatic rings. The molecule has 0 aromatic heterocycles. The first-order chi connectivity index (χ1) is 6.33. The summed E-state index contributed by atoms with van der Waals surface area (Å²) in [5, 5.41) is 3.57. The molecule has 2 nitrogen and oxygen atoms in total. The zero-order valence-corrected chi connectivity index (χ0v) is 9.18. The van der Waals surface area contributed by atoms with E-state index in [0.29, 0.717) is 6.04 Å². The van der Waals surface area contributed by atoms with Crippen LogP contribution in [0.2, 0.25) is 0 Å². The van der Waals surface area contributed by atoms with Crippen molar-refractivity contribution in [2.75, 3.05) is 26.2 Å². The van der Waals surface area contributed by atoms with E-state index in [-0.39, 0.29) is 0 Å². The van der Waals surface area contributed by atoms with E-state index in [1.165, 1.54) is 51.9 Å². The van der Waals surface area contributed by atoms with E-state index in [1.54, 1.807) is 0 Å². The van der Waals surface area contributed by atoms with Gasteiger partial charge in [0.05, 0.1) is 0 Å². The fourth-order valence-corrected chi connectivity index (χ4v) is 2.01. The van der Waals surface area contributed by atoms with Gasteiger partial charge in [-0.1, -0.05) is 13.3 Å². The van der Waals surface area contributed by atoms with Gasteiger partial charge < -0.3 is 10.2 Å². The van der Waals surface area contributed by atoms with Crippen molar-refractivity contribution < 1.29 is 0 Å². The molecule has 0 aliphatic carbocycles. The highest BCUT2D eigenvalue weighted by atomic mass is 15.1. The maximum atomic E-state index is 3.57. The average molecular weight is 184 g/mol. The number of hydrogen-bond donors (Lipinski definition) is 1. The second kappa shape index (κ2) is 6.39. The Balaban J connectivity index is 1.93. The van der Waals surface area contributed by atoms with Crippen molar-refractivity contribution in [2.45, 2.75) is 45.6 Å². The molecular weight excluding hydrogens is 160 g/mol. The molecule has 1 unspecified atom stereocenters. The summed E-state index contributed by atoms with van der Waals surface area (Å²) in [6.45, 7) is 9.59. The third-order valence-electron chi connectivity index (χ3n) is 2.84. The Morgan fingerprint density at radius 1 is 1.31 bits per heavy atom. The van der Waals surface area contributed by atoms with Crippen LogP contribution in [0.3, 0.4) is 0 Å². The number of nitrogens with one attached hydrogen (secondary N) is 1. The number of rotatable bonds is 6. The van der Waals surface area contributed by atoms with Gasteiger partial charge in [0.25, 0.3) is 0 Å². The molecular formula is C11H24N2. The van der Waals surface area contributed by atoms with E-state index in [0.717, 1.165) is 0 Å². The summed E-state index contributed by atoms with van der Waals surface area (Å²) in [6, 6.07) is 0.701. The molecule has 1 saturated heterocycles. The summed E-state index contributed by atoms with van der Waals surface area (Å²) in [4.78, 5) is 2.56. The molecule has 0 bridgehead atoms. The molecule has 1 rings (SSSR count). The van der Waals surface area contributed by atoms with E-state index in [9.17, 15) is 0 Å². The summed E-state index contributed by atoms with van der Waals surface area (Å²) in [6.07, 6.45) is 5.41. The van der Waals surface area contributed by atoms with Crippen LogP contribution in [0.4, 0.5) is 0 Å². The summed E-state index contributed by atoms with van der Waals surface area (Å²) in [7, 11) is 0. The van der Waals surface area contributed by atoms with Crippen molar-refractivity contribution in [3.63, 3.8) is 0 Å². The monoisotopic (exact) mass is 184 g/mol. The van der Waals surface area contributed by atoms with Crippen LogP contribution in [0.15, 0.2) is 0 Å². The average Bonchev–Trinajstić information content (AvgIpc) is 2.57. The minimum atomic E-state index is 0.701. The lowest BCUT2D eigenvalue weighted by Crippen LogP contribution is -2.34. The molecule has 13 heavy (non-hydrogen) atoms. The van der Waals surface area contributed by atoms with Crippen LogP contribution in [0, 0.1) is 0 Å². The van der Waals surface area contributed by atoms with Crippen LogP contribution in [-0.2, 0) is 0 Å². The first-order valence-corrected chi connectivity index (χ1v) is 5.78. The Labute approximate surface area is 82.7 Å². The van der Waals surface area contributed by atoms with Crippen molar-refractivity contribution in [3.05, 3.63) is 0 Å². The first-order valence-electron chi connectivity index (χ1n) is 5.78. The SMILES string of the molecule is CCCC(C)NCCN1CCCC1. The van der Waals surface area contributed by atoms with E-state index >= 15 is 0 Å². The molecule has 0 aromatic carbocycles. The fraction of sp³-hybridized carbons (Fsp3) is 1.00. The number of hydrogen-bond acceptors (Lipinski definition) is 2. The Morgan fingerprint density at radius 3 is 2.62 bits per heavy atom. The van der Waals surface area contributed by atoms with Crippen molar-refractivity contribution in [3.8, 4) is 0 Å². The highest BCUT2D eigenvalue weighted by Crippen LogP contribution is 2.05. The van der Waals surface area contributed by atoms with E-state index in [1.807, 2.05) is 0 Å². The Kier molecular flexibility index (Phi) is 5.40. The van der Waals surface area contributed by atoms with Crippen molar-refractivity contribution in [1.29, 1.82) is 0 Å². The van der Waals surface area contributed by atoms with Gasteiger partial charge in [0.1, 0.15) is 0 Å². The predicted octanol–water partition coefficient (Wildman–Crippen LogP) is 1.86. The fourth-order valence-electron chi connectivity index (χ4n) is 2.01. The number of nitrogens with zero attached hydrogens (tertiary/aromatic N) is 1. The van der Waals surface area contributed by atoms with E-state index in [2.05, 4.69) is 24.1 Å². The predicted molar refractivity (Wildman–Crippen MR) is 58.0 cm³/mol. The lowest BCUT2D eigenvalue weighted by Gasteiger charge is -2.17. The van der Waals surface area contributed by atoms with Crippen LogP contribution in [-0.4, -0.2) is 37.1 Å². The molecule has 1 aliphatic heterocycles. The maximum Gasteiger partial charge on any atom is 0.0107 e. The Hall–Kier alpha value is -0.0800. The summed E-state index contributed by atoms with van der Waals surface area (Å²) in [5.74, 6) is 0. The molecule has 1 atom stereocenters. The van der Waals surface area contributed by atoms with Gasteiger partial charge in [0.2, 0.25) is 0 Å². The van der Waals surface area contributed by atoms with Crippen LogP contribution < -0.4 is 5.32 Å². The van der Waals surface area contributed by atoms with Crippen LogP contribution in [0.25, 0.3) is 0 Å². The normalized spacial score (nSPS) is 20.8. The van der Waals surface area contributed by atoms with Gasteiger partial charge in [0.15, 0.2) is 0 Å². The second-order valence-electron chi connectivity index (χ2n) is 4.19. The van der Waals surface area contributed by atoms with Crippen LogP contribution in [0.1, 0.15) is 39.5 Å². The molecule has 0 saturated carbocycles. The van der Waals surface area contributed by atoms with Gasteiger partial charge in [-0.05, 0) is 39.3 Å². The molecule has 1 N–H and O–H groups in total. The van der Waals surface area contributed by atoms with Gasteiger partial charge in [-0.25, -0.2) is 0 Å². The standard InChI is InChI=1S/C11H24N2/c1-3-6-11(2)12-7-10-13-8-4-5-9-13/h11-12H,3-10H2,1-2H3. The quantitative estimate of drug-likeness (QED) is 0.678. The van der Waals surface area contributed by atoms with Gasteiger partial charge in [-0.2, -0.15) is 0 Å². The second-order valence-corrected chi connectivity index (χ2v) is 4.19. The van der Waals surface area contributed by atoms with Gasteiger partial charge in [0, 0.05) is 19.1 Å². The van der Waals surface area contributed by atoms with E-state index in [4.69, 9.17) is 0 Å². The molecule has 1 heterocycles. The van der Waals surface area contributed by atoms with Crippen molar-refractivity contribution in [2.24, 2.45) is 0 Å². The highest BCUT2D eigenvalue weighted by Gasteiger charge is 2.10. The summed E-state index contributed by atoms with van der Waals surface area (Å²) >= 11 is 0. The van der Waals surface area contributed by atoms with Gasteiger partial charge >= 0.3 is 0 Å². The van der Waals surface area contributed by atoms with Crippen molar-refractivity contribution in [1.82, 2.24) is 10.2 Å². The molecule has 1 fully saturated rings. The maximum absolute atomic E-state index is 3.57. The third kappa shape index (κ3) is 4.63. The Bertz CT molecular complexity index is 119. The topological polar surface area (TPSA) is 15.3 Å². The lowest BCUT2D eigenvalue weighted by atomic mass is 10.2. The van der Waals surface area contributed by atoms with Crippen molar-refractivity contribution >= 4 is 0 Å². The summed E-state index contributed by atoms with van der Waals surface area (Å²) < 4.78 is 0. The zero-order valence-electron chi connectivity index (χ0n) is 9.18. The smallest absolute Gasteiger partial charge is 0.0107 e. The lowest BCUT2D eigenvalue weighted by molar-refractivity contribution is 0.327. The minimum Gasteiger partial charge on any atom is -0.313 e. The highest BCUT2D eigenvalue weighted by molar-refractivity contribution is 4.68. The minimum absolute atomic E-state index is 0.701.